The second-order valence-electron chi connectivity index (χ2n) is 5.08. The van der Waals surface area contributed by atoms with E-state index in [1.54, 1.807) is 13.2 Å². The summed E-state index contributed by atoms with van der Waals surface area (Å²) in [5.41, 5.74) is 1.60. The van der Waals surface area contributed by atoms with Gasteiger partial charge in [0.2, 0.25) is 0 Å². The van der Waals surface area contributed by atoms with E-state index in [0.29, 0.717) is 16.3 Å². The fraction of sp³-hybridized carbons (Fsp3) is 0.462. The summed E-state index contributed by atoms with van der Waals surface area (Å²) >= 11 is 6.04. The van der Waals surface area contributed by atoms with Gasteiger partial charge in [-0.2, -0.15) is 5.26 Å². The van der Waals surface area contributed by atoms with Crippen molar-refractivity contribution in [3.8, 4) is 11.8 Å². The molecule has 0 aromatic heterocycles. The van der Waals surface area contributed by atoms with E-state index in [-0.39, 0.29) is 0 Å². The van der Waals surface area contributed by atoms with E-state index in [9.17, 15) is 5.26 Å². The van der Waals surface area contributed by atoms with E-state index >= 15 is 0 Å². The first-order chi connectivity index (χ1) is 8.28. The van der Waals surface area contributed by atoms with Crippen molar-refractivity contribution in [3.05, 3.63) is 28.3 Å². The van der Waals surface area contributed by atoms with E-state index in [1.807, 2.05) is 32.6 Å². The second-order valence-corrected chi connectivity index (χ2v) is 9.98. The van der Waals surface area contributed by atoms with Gasteiger partial charge in [0.1, 0.15) is 5.75 Å². The molecule has 0 spiro atoms. The zero-order valence-corrected chi connectivity index (χ0v) is 13.1. The Labute approximate surface area is 114 Å². The van der Waals surface area contributed by atoms with Crippen LogP contribution in [0.4, 0.5) is 0 Å². The highest BCUT2D eigenvalue weighted by Gasteiger charge is 2.25. The van der Waals surface area contributed by atoms with Gasteiger partial charge in [-0.05, 0) is 44.3 Å². The van der Waals surface area contributed by atoms with Gasteiger partial charge in [-0.25, -0.2) is 0 Å². The predicted molar refractivity (Wildman–Crippen MR) is 75.5 cm³/mol. The molecule has 0 N–H and O–H groups in total. The molecule has 5 heteroatoms. The van der Waals surface area contributed by atoms with Gasteiger partial charge in [0.15, 0.2) is 14.4 Å². The molecule has 0 heterocycles. The van der Waals surface area contributed by atoms with Crippen molar-refractivity contribution in [2.75, 3.05) is 7.11 Å². The SMILES string of the molecule is COc1c(C)cc(Cl)cc1[C@@H](C#N)O[Si](C)(C)C. The number of nitriles is 1. The van der Waals surface area contributed by atoms with Gasteiger partial charge >= 0.3 is 0 Å². The van der Waals surface area contributed by atoms with Crippen molar-refractivity contribution in [1.29, 1.82) is 5.26 Å². The monoisotopic (exact) mass is 283 g/mol. The van der Waals surface area contributed by atoms with Crippen molar-refractivity contribution in [3.63, 3.8) is 0 Å². The quantitative estimate of drug-likeness (QED) is 0.782. The maximum Gasteiger partial charge on any atom is 0.186 e. The Morgan fingerprint density at radius 2 is 1.94 bits per heavy atom. The van der Waals surface area contributed by atoms with Gasteiger partial charge in [-0.3, -0.25) is 0 Å². The first-order valence-electron chi connectivity index (χ1n) is 5.70. The number of hydrogen-bond donors (Lipinski definition) is 0. The molecule has 3 nitrogen and oxygen atoms in total. The van der Waals surface area contributed by atoms with Crippen LogP contribution in [0.5, 0.6) is 5.75 Å². The summed E-state index contributed by atoms with van der Waals surface area (Å²) in [5, 5.41) is 9.88. The largest absolute Gasteiger partial charge is 0.496 e. The molecule has 0 aliphatic rings. The van der Waals surface area contributed by atoms with Crippen molar-refractivity contribution < 1.29 is 9.16 Å². The van der Waals surface area contributed by atoms with Crippen molar-refractivity contribution in [2.45, 2.75) is 32.7 Å². The fourth-order valence-electron chi connectivity index (χ4n) is 1.74. The third-order valence-electron chi connectivity index (χ3n) is 2.34. The van der Waals surface area contributed by atoms with E-state index in [1.165, 1.54) is 0 Å². The molecule has 18 heavy (non-hydrogen) atoms. The van der Waals surface area contributed by atoms with Crippen LogP contribution in [0.1, 0.15) is 17.2 Å². The minimum atomic E-state index is -1.82. The summed E-state index contributed by atoms with van der Waals surface area (Å²) in [4.78, 5) is 0. The lowest BCUT2D eigenvalue weighted by atomic mass is 10.1. The molecule has 1 aromatic rings. The average molecular weight is 284 g/mol. The van der Waals surface area contributed by atoms with Gasteiger partial charge in [-0.15, -0.1) is 0 Å². The van der Waals surface area contributed by atoms with Crippen molar-refractivity contribution in [1.82, 2.24) is 0 Å². The summed E-state index contributed by atoms with van der Waals surface area (Å²) in [5.74, 6) is 0.671. The first kappa shape index (κ1) is 15.0. The molecule has 0 aliphatic carbocycles. The molecule has 0 saturated heterocycles. The Morgan fingerprint density at radius 3 is 2.39 bits per heavy atom. The van der Waals surface area contributed by atoms with Gasteiger partial charge in [-0.1, -0.05) is 11.6 Å². The summed E-state index contributed by atoms with van der Waals surface area (Å²) in [6.07, 6.45) is -0.635. The number of hydrogen-bond acceptors (Lipinski definition) is 3. The molecular formula is C13H18ClNO2Si. The summed E-state index contributed by atoms with van der Waals surface area (Å²) in [7, 11) is -0.230. The first-order valence-corrected chi connectivity index (χ1v) is 9.48. The average Bonchev–Trinajstić information content (AvgIpc) is 2.23. The molecule has 0 amide bonds. The van der Waals surface area contributed by atoms with Crippen LogP contribution in [0.2, 0.25) is 24.7 Å². The predicted octanol–water partition coefficient (Wildman–Crippen LogP) is 4.07. The summed E-state index contributed by atoms with van der Waals surface area (Å²) in [6.45, 7) is 8.03. The zero-order chi connectivity index (χ0) is 13.9. The number of rotatable bonds is 4. The fourth-order valence-corrected chi connectivity index (χ4v) is 2.91. The smallest absolute Gasteiger partial charge is 0.186 e. The number of benzene rings is 1. The van der Waals surface area contributed by atoms with E-state index < -0.39 is 14.4 Å². The van der Waals surface area contributed by atoms with E-state index in [2.05, 4.69) is 6.07 Å². The highest BCUT2D eigenvalue weighted by molar-refractivity contribution is 6.69. The molecule has 98 valence electrons. The molecule has 0 saturated carbocycles. The molecule has 1 atom stereocenters. The van der Waals surface area contributed by atoms with Gasteiger partial charge in [0, 0.05) is 10.6 Å². The van der Waals surface area contributed by atoms with Crippen LogP contribution in [0.15, 0.2) is 12.1 Å². The Balaban J connectivity index is 3.25. The molecule has 0 bridgehead atoms. The van der Waals surface area contributed by atoms with Crippen LogP contribution in [-0.4, -0.2) is 15.4 Å². The standard InChI is InChI=1S/C13H18ClNO2Si/c1-9-6-10(14)7-11(13(9)16-2)12(8-15)17-18(3,4)5/h6-7,12H,1-5H3/t12-/m1/s1. The summed E-state index contributed by atoms with van der Waals surface area (Å²) < 4.78 is 11.2. The number of methoxy groups -OCH3 is 1. The lowest BCUT2D eigenvalue weighted by molar-refractivity contribution is 0.248. The van der Waals surface area contributed by atoms with Crippen LogP contribution in [0, 0.1) is 18.3 Å². The third-order valence-corrected chi connectivity index (χ3v) is 3.50. The van der Waals surface area contributed by atoms with Gasteiger partial charge < -0.3 is 9.16 Å². The number of ether oxygens (including phenoxy) is 1. The Kier molecular flexibility index (Phi) is 4.80. The van der Waals surface area contributed by atoms with E-state index in [4.69, 9.17) is 20.8 Å². The van der Waals surface area contributed by atoms with E-state index in [0.717, 1.165) is 5.56 Å². The number of nitrogens with zero attached hydrogens (tertiary/aromatic N) is 1. The second kappa shape index (κ2) is 5.74. The Morgan fingerprint density at radius 1 is 1.33 bits per heavy atom. The van der Waals surface area contributed by atoms with Crippen LogP contribution >= 0.6 is 11.6 Å². The van der Waals surface area contributed by atoms with Crippen molar-refractivity contribution >= 4 is 19.9 Å². The van der Waals surface area contributed by atoms with Crippen LogP contribution in [0.25, 0.3) is 0 Å². The maximum atomic E-state index is 9.29. The number of aryl methyl sites for hydroxylation is 1. The molecule has 0 aliphatic heterocycles. The molecule has 0 unspecified atom stereocenters. The maximum absolute atomic E-state index is 9.29. The highest BCUT2D eigenvalue weighted by atomic mass is 35.5. The Bertz CT molecular complexity index is 477. The summed E-state index contributed by atoms with van der Waals surface area (Å²) in [6, 6.07) is 5.73. The van der Waals surface area contributed by atoms with Crippen molar-refractivity contribution in [2.24, 2.45) is 0 Å². The molecular weight excluding hydrogens is 266 g/mol. The van der Waals surface area contributed by atoms with Crippen LogP contribution in [0.3, 0.4) is 0 Å². The lowest BCUT2D eigenvalue weighted by Crippen LogP contribution is -2.27. The Hall–Kier alpha value is -1.02. The zero-order valence-electron chi connectivity index (χ0n) is 11.4. The lowest BCUT2D eigenvalue weighted by Gasteiger charge is -2.24. The minimum Gasteiger partial charge on any atom is -0.496 e. The van der Waals surface area contributed by atoms with Crippen LogP contribution in [-0.2, 0) is 4.43 Å². The molecule has 1 rings (SSSR count). The van der Waals surface area contributed by atoms with Gasteiger partial charge in [0.25, 0.3) is 0 Å². The topological polar surface area (TPSA) is 42.2 Å². The van der Waals surface area contributed by atoms with Crippen LogP contribution < -0.4 is 4.74 Å². The minimum absolute atomic E-state index is 0.586. The molecule has 1 aromatic carbocycles. The highest BCUT2D eigenvalue weighted by Crippen LogP contribution is 2.34. The third kappa shape index (κ3) is 3.74. The molecule has 0 fully saturated rings. The number of halogens is 1. The normalized spacial score (nSPS) is 12.9. The molecule has 0 radical (unpaired) electrons. The van der Waals surface area contributed by atoms with Gasteiger partial charge in [0.05, 0.1) is 13.2 Å².